The molecule has 27 heavy (non-hydrogen) atoms. The molecule has 1 aromatic rings. The lowest BCUT2D eigenvalue weighted by molar-refractivity contribution is -0.153. The van der Waals surface area contributed by atoms with Crippen LogP contribution >= 0.6 is 0 Å². The second kappa shape index (κ2) is 10.0. The average Bonchev–Trinajstić information content (AvgIpc) is 2.66. The Hall–Kier alpha value is -2.44. The summed E-state index contributed by atoms with van der Waals surface area (Å²) in [6.07, 6.45) is 1.85. The number of carbonyl (C=O) groups excluding carboxylic acids is 3. The van der Waals surface area contributed by atoms with Crippen molar-refractivity contribution >= 4 is 17.8 Å². The van der Waals surface area contributed by atoms with Crippen LogP contribution in [0, 0.1) is 17.7 Å². The lowest BCUT2D eigenvalue weighted by Crippen LogP contribution is -2.41. The third-order valence-corrected chi connectivity index (χ3v) is 4.60. The first-order chi connectivity index (χ1) is 12.9. The zero-order valence-corrected chi connectivity index (χ0v) is 15.9. The van der Waals surface area contributed by atoms with Crippen molar-refractivity contribution in [1.82, 2.24) is 10.2 Å². The first-order valence-electron chi connectivity index (χ1n) is 9.35. The van der Waals surface area contributed by atoms with E-state index in [1.165, 1.54) is 24.3 Å². The van der Waals surface area contributed by atoms with Crippen LogP contribution in [-0.2, 0) is 14.3 Å². The molecular weight excluding hydrogens is 351 g/mol. The molecule has 0 atom stereocenters. The van der Waals surface area contributed by atoms with E-state index in [1.807, 2.05) is 0 Å². The van der Waals surface area contributed by atoms with Crippen LogP contribution in [0.15, 0.2) is 24.3 Å². The number of hydrogen-bond acceptors (Lipinski definition) is 4. The summed E-state index contributed by atoms with van der Waals surface area (Å²) in [5.41, 5.74) is 0.426. The highest BCUT2D eigenvalue weighted by molar-refractivity contribution is 5.94. The van der Waals surface area contributed by atoms with Crippen molar-refractivity contribution in [3.63, 3.8) is 0 Å². The highest BCUT2D eigenvalue weighted by Crippen LogP contribution is 2.20. The molecule has 1 fully saturated rings. The molecule has 0 aromatic heterocycles. The predicted octanol–water partition coefficient (Wildman–Crippen LogP) is 2.38. The second-order valence-corrected chi connectivity index (χ2v) is 7.21. The van der Waals surface area contributed by atoms with Crippen LogP contribution in [0.25, 0.3) is 0 Å². The monoisotopic (exact) mass is 378 g/mol. The fourth-order valence-electron chi connectivity index (χ4n) is 2.90. The van der Waals surface area contributed by atoms with Crippen LogP contribution in [-0.4, -0.2) is 48.9 Å². The van der Waals surface area contributed by atoms with Gasteiger partial charge in [-0.05, 0) is 49.4 Å². The minimum Gasteiger partial charge on any atom is -0.455 e. The maximum atomic E-state index is 13.0. The molecule has 7 heteroatoms. The Kier molecular flexibility index (Phi) is 7.76. The quantitative estimate of drug-likeness (QED) is 0.739. The first-order valence-corrected chi connectivity index (χ1v) is 9.35. The summed E-state index contributed by atoms with van der Waals surface area (Å²) in [7, 11) is 0. The van der Waals surface area contributed by atoms with Crippen molar-refractivity contribution in [1.29, 1.82) is 0 Å². The molecule has 1 N–H and O–H groups in total. The number of likely N-dealkylation sites (tertiary alicyclic amines) is 1. The fourth-order valence-corrected chi connectivity index (χ4v) is 2.90. The molecule has 1 aliphatic heterocycles. The first kappa shape index (κ1) is 20.9. The summed E-state index contributed by atoms with van der Waals surface area (Å²) >= 11 is 0. The lowest BCUT2D eigenvalue weighted by Gasteiger charge is -2.31. The maximum Gasteiger partial charge on any atom is 0.309 e. The summed E-state index contributed by atoms with van der Waals surface area (Å²) in [6, 6.07) is 5.42. The van der Waals surface area contributed by atoms with E-state index < -0.39 is 5.97 Å². The second-order valence-electron chi connectivity index (χ2n) is 7.21. The smallest absolute Gasteiger partial charge is 0.309 e. The van der Waals surface area contributed by atoms with Crippen molar-refractivity contribution in [2.24, 2.45) is 11.8 Å². The van der Waals surface area contributed by atoms with E-state index in [0.717, 1.165) is 6.42 Å². The number of ether oxygens (including phenoxy) is 1. The molecule has 6 nitrogen and oxygen atoms in total. The fraction of sp³-hybridized carbons (Fsp3) is 0.550. The number of piperidine rings is 1. The Bertz CT molecular complexity index is 652. The normalized spacial score (nSPS) is 14.9. The van der Waals surface area contributed by atoms with Gasteiger partial charge in [0.25, 0.3) is 11.8 Å². The van der Waals surface area contributed by atoms with Crippen LogP contribution in [0.3, 0.4) is 0 Å². The molecule has 0 saturated carbocycles. The molecule has 0 unspecified atom stereocenters. The van der Waals surface area contributed by atoms with E-state index >= 15 is 0 Å². The Morgan fingerprint density at radius 1 is 1.19 bits per heavy atom. The number of nitrogens with one attached hydrogen (secondary N) is 1. The standard InChI is InChI=1S/C20H27FN2O4/c1-14(2)7-10-22-18(24)13-27-20(26)16-8-11-23(12-9-16)19(25)15-3-5-17(21)6-4-15/h3-6,14,16H,7-13H2,1-2H3,(H,22,24). The van der Waals surface area contributed by atoms with Crippen LogP contribution in [0.5, 0.6) is 0 Å². The van der Waals surface area contributed by atoms with Crippen LogP contribution in [0.4, 0.5) is 4.39 Å². The molecule has 0 aliphatic carbocycles. The molecule has 1 heterocycles. The molecule has 1 aromatic carbocycles. The van der Waals surface area contributed by atoms with Gasteiger partial charge in [-0.1, -0.05) is 13.8 Å². The highest BCUT2D eigenvalue weighted by Gasteiger charge is 2.29. The number of esters is 1. The predicted molar refractivity (Wildman–Crippen MR) is 98.5 cm³/mol. The van der Waals surface area contributed by atoms with Crippen molar-refractivity contribution in [2.45, 2.75) is 33.1 Å². The molecule has 0 bridgehead atoms. The zero-order chi connectivity index (χ0) is 19.8. The van der Waals surface area contributed by atoms with E-state index in [0.29, 0.717) is 44.0 Å². The zero-order valence-electron chi connectivity index (χ0n) is 15.9. The Morgan fingerprint density at radius 3 is 2.41 bits per heavy atom. The van der Waals surface area contributed by atoms with Crippen LogP contribution in [0.2, 0.25) is 0 Å². The Labute approximate surface area is 159 Å². The van der Waals surface area contributed by atoms with Crippen molar-refractivity contribution in [2.75, 3.05) is 26.2 Å². The minimum absolute atomic E-state index is 0.175. The third kappa shape index (κ3) is 6.66. The number of amides is 2. The minimum atomic E-state index is -0.400. The van der Waals surface area contributed by atoms with Gasteiger partial charge in [-0.25, -0.2) is 4.39 Å². The van der Waals surface area contributed by atoms with Gasteiger partial charge in [0, 0.05) is 25.2 Å². The van der Waals surface area contributed by atoms with Crippen LogP contribution < -0.4 is 5.32 Å². The molecular formula is C20H27FN2O4. The number of nitrogens with zero attached hydrogens (tertiary/aromatic N) is 1. The number of rotatable bonds is 7. The summed E-state index contributed by atoms with van der Waals surface area (Å²) < 4.78 is 18.1. The van der Waals surface area contributed by atoms with E-state index in [-0.39, 0.29) is 30.2 Å². The summed E-state index contributed by atoms with van der Waals surface area (Å²) in [5.74, 6) is -1.08. The number of benzene rings is 1. The topological polar surface area (TPSA) is 75.7 Å². The molecule has 148 valence electrons. The van der Waals surface area contributed by atoms with Gasteiger partial charge < -0.3 is 15.0 Å². The van der Waals surface area contributed by atoms with Crippen molar-refractivity contribution in [3.05, 3.63) is 35.6 Å². The van der Waals surface area contributed by atoms with E-state index in [4.69, 9.17) is 4.74 Å². The van der Waals surface area contributed by atoms with Crippen molar-refractivity contribution < 1.29 is 23.5 Å². The molecule has 1 saturated heterocycles. The molecule has 2 rings (SSSR count). The van der Waals surface area contributed by atoms with Crippen LogP contribution in [0.1, 0.15) is 43.5 Å². The summed E-state index contributed by atoms with van der Waals surface area (Å²) in [4.78, 5) is 37.8. The number of carbonyl (C=O) groups is 3. The maximum absolute atomic E-state index is 13.0. The molecule has 0 spiro atoms. The molecule has 2 amide bonds. The van der Waals surface area contributed by atoms with Gasteiger partial charge in [0.2, 0.25) is 0 Å². The Balaban J connectivity index is 1.71. The molecule has 1 aliphatic rings. The highest BCUT2D eigenvalue weighted by atomic mass is 19.1. The summed E-state index contributed by atoms with van der Waals surface area (Å²) in [5, 5.41) is 2.72. The van der Waals surface area contributed by atoms with Gasteiger partial charge in [0.05, 0.1) is 5.92 Å². The lowest BCUT2D eigenvalue weighted by atomic mass is 9.96. The van der Waals surface area contributed by atoms with Gasteiger partial charge in [-0.2, -0.15) is 0 Å². The van der Waals surface area contributed by atoms with Gasteiger partial charge in [0.15, 0.2) is 6.61 Å². The number of halogens is 1. The SMILES string of the molecule is CC(C)CCNC(=O)COC(=O)C1CCN(C(=O)c2ccc(F)cc2)CC1. The van der Waals surface area contributed by atoms with Gasteiger partial charge in [-0.3, -0.25) is 14.4 Å². The van der Waals surface area contributed by atoms with E-state index in [2.05, 4.69) is 19.2 Å². The largest absolute Gasteiger partial charge is 0.455 e. The Morgan fingerprint density at radius 2 is 1.81 bits per heavy atom. The summed E-state index contributed by atoms with van der Waals surface area (Å²) in [6.45, 7) is 5.29. The van der Waals surface area contributed by atoms with Gasteiger partial charge in [-0.15, -0.1) is 0 Å². The third-order valence-electron chi connectivity index (χ3n) is 4.60. The van der Waals surface area contributed by atoms with Gasteiger partial charge in [0.1, 0.15) is 5.82 Å². The van der Waals surface area contributed by atoms with E-state index in [9.17, 15) is 18.8 Å². The van der Waals surface area contributed by atoms with E-state index in [1.54, 1.807) is 4.90 Å². The molecule has 0 radical (unpaired) electrons. The average molecular weight is 378 g/mol. The number of hydrogen-bond donors (Lipinski definition) is 1. The van der Waals surface area contributed by atoms with Crippen molar-refractivity contribution in [3.8, 4) is 0 Å². The van der Waals surface area contributed by atoms with Gasteiger partial charge >= 0.3 is 5.97 Å².